The first-order chi connectivity index (χ1) is 27.8. The third kappa shape index (κ3) is 28.6. The Balaban J connectivity index is 1.66. The fourth-order valence-corrected chi connectivity index (χ4v) is 7.92. The Morgan fingerprint density at radius 3 is 1.33 bits per heavy atom. The van der Waals surface area contributed by atoms with Crippen molar-refractivity contribution in [3.05, 3.63) is 0 Å². The highest BCUT2D eigenvalue weighted by atomic mass is 31.2. The number of esters is 2. The van der Waals surface area contributed by atoms with Crippen LogP contribution in [-0.2, 0) is 32.7 Å². The van der Waals surface area contributed by atoms with Crippen molar-refractivity contribution in [2.24, 2.45) is 20.5 Å². The van der Waals surface area contributed by atoms with E-state index >= 15 is 0 Å². The number of phosphoric acid groups is 1. The Bertz CT molecular complexity index is 1200. The van der Waals surface area contributed by atoms with Crippen molar-refractivity contribution in [1.82, 2.24) is 0 Å². The molecule has 0 saturated heterocycles. The van der Waals surface area contributed by atoms with Gasteiger partial charge in [0, 0.05) is 12.8 Å². The summed E-state index contributed by atoms with van der Waals surface area (Å²) in [4.78, 5) is 38.0. The average molecular weight is 842 g/mol. The molecule has 338 valence electrons. The Kier molecular flexibility index (Phi) is 27.3. The van der Waals surface area contributed by atoms with E-state index in [2.05, 4.69) is 34.3 Å². The number of quaternary nitrogens is 1. The van der Waals surface area contributed by atoms with E-state index in [1.807, 2.05) is 21.1 Å². The molecule has 0 amide bonds. The molecule has 2 aliphatic heterocycles. The molecule has 0 aromatic rings. The molecule has 14 heteroatoms. The van der Waals surface area contributed by atoms with Crippen LogP contribution in [0.4, 0.5) is 0 Å². The molecule has 58 heavy (non-hydrogen) atoms. The first-order valence-corrected chi connectivity index (χ1v) is 24.9. The lowest BCUT2D eigenvalue weighted by atomic mass is 9.98. The summed E-state index contributed by atoms with van der Waals surface area (Å²) in [7, 11) is 1.10. The second-order valence-electron chi connectivity index (χ2n) is 18.0. The molecular weight excluding hydrogens is 757 g/mol. The SMILES string of the molecule is CCCCCCCCCCCCC1(CCCCC(=O)OCC(COP(=O)([O-])OCC[N+](C)(C)C)OC(=O)CCCCC2(CCCCCCCCCCCC)N=N2)N=N1. The molecule has 2 rings (SSSR count). The molecule has 0 aromatic carbocycles. The van der Waals surface area contributed by atoms with Gasteiger partial charge in [0.2, 0.25) is 0 Å². The van der Waals surface area contributed by atoms with Crippen molar-refractivity contribution in [1.29, 1.82) is 0 Å². The lowest BCUT2D eigenvalue weighted by Crippen LogP contribution is -2.37. The normalized spacial score (nSPS) is 16.6. The zero-order chi connectivity index (χ0) is 42.4. The molecule has 13 nitrogen and oxygen atoms in total. The van der Waals surface area contributed by atoms with E-state index in [9.17, 15) is 19.0 Å². The third-order valence-electron chi connectivity index (χ3n) is 11.2. The zero-order valence-electron chi connectivity index (χ0n) is 37.6. The second-order valence-corrected chi connectivity index (χ2v) is 19.4. The maximum atomic E-state index is 12.8. The van der Waals surface area contributed by atoms with Crippen molar-refractivity contribution in [2.45, 2.75) is 224 Å². The molecule has 0 bridgehead atoms. The number of rotatable bonds is 42. The van der Waals surface area contributed by atoms with Gasteiger partial charge in [-0.05, 0) is 64.2 Å². The van der Waals surface area contributed by atoms with Gasteiger partial charge in [0.15, 0.2) is 17.4 Å². The van der Waals surface area contributed by atoms with Crippen molar-refractivity contribution in [2.75, 3.05) is 47.5 Å². The van der Waals surface area contributed by atoms with Gasteiger partial charge < -0.3 is 27.9 Å². The van der Waals surface area contributed by atoms with Crippen LogP contribution in [0.5, 0.6) is 0 Å². The smallest absolute Gasteiger partial charge is 0.306 e. The molecule has 0 aliphatic carbocycles. The Morgan fingerprint density at radius 1 is 0.552 bits per heavy atom. The van der Waals surface area contributed by atoms with Crippen LogP contribution in [0.3, 0.4) is 0 Å². The lowest BCUT2D eigenvalue weighted by Gasteiger charge is -2.28. The topological polar surface area (TPSA) is 161 Å². The molecule has 2 atom stereocenters. The molecule has 0 radical (unpaired) electrons. The van der Waals surface area contributed by atoms with E-state index in [4.69, 9.17) is 18.5 Å². The minimum atomic E-state index is -4.67. The summed E-state index contributed by atoms with van der Waals surface area (Å²) in [6, 6.07) is 0. The van der Waals surface area contributed by atoms with Gasteiger partial charge in [-0.25, -0.2) is 0 Å². The number of nitrogens with zero attached hydrogens (tertiary/aromatic N) is 5. The van der Waals surface area contributed by atoms with Crippen LogP contribution in [0, 0.1) is 0 Å². The quantitative estimate of drug-likeness (QED) is 0.0254. The number of unbranched alkanes of at least 4 members (excludes halogenated alkanes) is 20. The molecule has 2 unspecified atom stereocenters. The maximum Gasteiger partial charge on any atom is 0.306 e. The summed E-state index contributed by atoms with van der Waals surface area (Å²) in [6.45, 7) is 4.09. The van der Waals surface area contributed by atoms with Crippen LogP contribution in [0.25, 0.3) is 0 Å². The number of hydrogen-bond donors (Lipinski definition) is 0. The highest BCUT2D eigenvalue weighted by Gasteiger charge is 2.39. The van der Waals surface area contributed by atoms with E-state index < -0.39 is 32.5 Å². The van der Waals surface area contributed by atoms with Crippen molar-refractivity contribution >= 4 is 19.8 Å². The van der Waals surface area contributed by atoms with Gasteiger partial charge in [0.05, 0.1) is 27.7 Å². The fraction of sp³-hybridized carbons (Fsp3) is 0.955. The van der Waals surface area contributed by atoms with Crippen LogP contribution in [0.2, 0.25) is 0 Å². The van der Waals surface area contributed by atoms with Crippen LogP contribution in [0.15, 0.2) is 20.5 Å². The molecule has 0 spiro atoms. The first kappa shape index (κ1) is 52.3. The molecule has 0 aromatic heterocycles. The van der Waals surface area contributed by atoms with Crippen LogP contribution < -0.4 is 4.89 Å². The predicted octanol–water partition coefficient (Wildman–Crippen LogP) is 11.7. The highest BCUT2D eigenvalue weighted by Crippen LogP contribution is 2.40. The number of likely N-dealkylation sites (N-methyl/N-ethyl adjacent to an activating group) is 1. The van der Waals surface area contributed by atoms with Gasteiger partial charge >= 0.3 is 11.9 Å². The second kappa shape index (κ2) is 30.3. The van der Waals surface area contributed by atoms with Gasteiger partial charge in [-0.3, -0.25) is 14.2 Å². The fourth-order valence-electron chi connectivity index (χ4n) is 7.19. The number of carbonyl (C=O) groups is 2. The molecular formula is C44H84N5O8P. The molecule has 2 heterocycles. The number of hydrogen-bond acceptors (Lipinski definition) is 12. The zero-order valence-corrected chi connectivity index (χ0v) is 38.5. The van der Waals surface area contributed by atoms with E-state index in [-0.39, 0.29) is 37.4 Å². The molecule has 0 N–H and O–H groups in total. The highest BCUT2D eigenvalue weighted by molar-refractivity contribution is 7.45. The van der Waals surface area contributed by atoms with Crippen molar-refractivity contribution in [3.63, 3.8) is 0 Å². The van der Waals surface area contributed by atoms with Crippen molar-refractivity contribution in [3.8, 4) is 0 Å². The van der Waals surface area contributed by atoms with E-state index in [0.29, 0.717) is 23.9 Å². The Hall–Kier alpha value is -1.79. The maximum absolute atomic E-state index is 12.8. The van der Waals surface area contributed by atoms with Gasteiger partial charge in [-0.1, -0.05) is 129 Å². The minimum Gasteiger partial charge on any atom is -0.756 e. The summed E-state index contributed by atoms with van der Waals surface area (Å²) >= 11 is 0. The monoisotopic (exact) mass is 842 g/mol. The van der Waals surface area contributed by atoms with Crippen LogP contribution in [-0.4, -0.2) is 81.4 Å². The summed E-state index contributed by atoms with van der Waals surface area (Å²) in [6.07, 6.45) is 31.4. The number of phosphoric ester groups is 1. The van der Waals surface area contributed by atoms with Gasteiger partial charge in [0.25, 0.3) is 7.82 Å². The molecule has 2 aliphatic rings. The van der Waals surface area contributed by atoms with E-state index in [0.717, 1.165) is 51.4 Å². The summed E-state index contributed by atoms with van der Waals surface area (Å²) in [5, 5.41) is 17.3. The first-order valence-electron chi connectivity index (χ1n) is 23.5. The summed E-state index contributed by atoms with van der Waals surface area (Å²) < 4.78 is 34.1. The van der Waals surface area contributed by atoms with Crippen LogP contribution >= 0.6 is 7.82 Å². The van der Waals surface area contributed by atoms with Crippen molar-refractivity contribution < 1.29 is 42.1 Å². The standard InChI is InChI=1S/C44H84N5O8P/c1-6-8-10-12-14-16-18-20-22-26-32-43(45-46-43)34-28-24-30-41(50)54-38-40(39-56-58(52,53)55-37-36-49(3,4)5)57-42(51)31-25-29-35-44(47-48-44)33-27-23-21-19-17-15-13-11-9-7-2/h40H,6-39H2,1-5H3. The largest absolute Gasteiger partial charge is 0.756 e. The van der Waals surface area contributed by atoms with Crippen LogP contribution in [0.1, 0.15) is 206 Å². The van der Waals surface area contributed by atoms with Gasteiger partial charge in [-0.2, -0.15) is 20.5 Å². The Morgan fingerprint density at radius 2 is 0.931 bits per heavy atom. The van der Waals surface area contributed by atoms with Gasteiger partial charge in [-0.15, -0.1) is 0 Å². The predicted molar refractivity (Wildman–Crippen MR) is 228 cm³/mol. The number of carbonyl (C=O) groups excluding carboxylic acids is 2. The van der Waals surface area contributed by atoms with Gasteiger partial charge in [0.1, 0.15) is 19.8 Å². The van der Waals surface area contributed by atoms with E-state index in [1.54, 1.807) is 0 Å². The average Bonchev–Trinajstić information content (AvgIpc) is 4.12. The summed E-state index contributed by atoms with van der Waals surface area (Å²) in [5.41, 5.74) is -0.554. The lowest BCUT2D eigenvalue weighted by molar-refractivity contribution is -0.870. The molecule has 0 saturated carbocycles. The summed E-state index contributed by atoms with van der Waals surface area (Å²) in [5.74, 6) is -0.946. The third-order valence-corrected chi connectivity index (χ3v) is 12.2. The van der Waals surface area contributed by atoms with E-state index in [1.165, 1.54) is 116 Å². The number of ether oxygens (including phenoxy) is 2. The Labute approximate surface area is 352 Å². The minimum absolute atomic E-state index is 0.0515. The molecule has 0 fully saturated rings.